The third-order valence-corrected chi connectivity index (χ3v) is 8.04. The fourth-order valence-corrected chi connectivity index (χ4v) is 6.35. The number of aliphatic hydroxyl groups is 3. The molecule has 1 amide bonds. The van der Waals surface area contributed by atoms with Gasteiger partial charge in [0.2, 0.25) is 5.78 Å². The van der Waals surface area contributed by atoms with Crippen LogP contribution in [0.15, 0.2) is 65.6 Å². The van der Waals surface area contributed by atoms with E-state index in [-0.39, 0.29) is 29.7 Å². The highest BCUT2D eigenvalue weighted by Gasteiger charge is 2.63. The molecule has 9 heteroatoms. The molecule has 0 aromatic heterocycles. The molecule has 6 N–H and O–H groups in total. The maximum absolute atomic E-state index is 13.8. The van der Waals surface area contributed by atoms with Crippen molar-refractivity contribution < 1.29 is 34.8 Å². The van der Waals surface area contributed by atoms with Gasteiger partial charge in [-0.15, -0.1) is 0 Å². The molecule has 38 heavy (non-hydrogen) atoms. The third kappa shape index (κ3) is 3.35. The SMILES string of the molecule is C=Cc1cccc(-c2ccc(O)c3c2C[C@H]2C[C@H]4[C@H](N(C)C)C(O)=C(C(N)=O)C(=O)C4(O)C(O)=C2C3=O)c1. The fraction of sp³-hybridized carbons (Fsp3) is 0.276. The molecule has 2 aromatic carbocycles. The Labute approximate surface area is 218 Å². The molecule has 0 radical (unpaired) electrons. The number of allylic oxidation sites excluding steroid dienone is 1. The fourth-order valence-electron chi connectivity index (χ4n) is 6.35. The number of fused-ring (bicyclic) bond motifs is 3. The number of ketones is 2. The van der Waals surface area contributed by atoms with Gasteiger partial charge >= 0.3 is 0 Å². The van der Waals surface area contributed by atoms with Crippen LogP contribution in [0.1, 0.15) is 27.9 Å². The number of primary amides is 1. The molecule has 9 nitrogen and oxygen atoms in total. The molecule has 1 unspecified atom stereocenters. The lowest BCUT2D eigenvalue weighted by atomic mass is 9.58. The van der Waals surface area contributed by atoms with Gasteiger partial charge in [0, 0.05) is 11.5 Å². The summed E-state index contributed by atoms with van der Waals surface area (Å²) in [6.45, 7) is 3.80. The van der Waals surface area contributed by atoms with Crippen LogP contribution in [0.3, 0.4) is 0 Å². The Hall–Kier alpha value is -4.21. The number of rotatable bonds is 4. The van der Waals surface area contributed by atoms with Crippen LogP contribution in [-0.2, 0) is 16.0 Å². The average molecular weight is 517 g/mol. The van der Waals surface area contributed by atoms with Crippen molar-refractivity contribution >= 4 is 23.5 Å². The van der Waals surface area contributed by atoms with E-state index in [1.54, 1.807) is 26.2 Å². The Morgan fingerprint density at radius 2 is 1.87 bits per heavy atom. The van der Waals surface area contributed by atoms with Crippen LogP contribution in [0, 0.1) is 11.8 Å². The van der Waals surface area contributed by atoms with Gasteiger partial charge in [0.15, 0.2) is 11.4 Å². The van der Waals surface area contributed by atoms with Crippen molar-refractivity contribution in [3.05, 3.63) is 82.3 Å². The lowest BCUT2D eigenvalue weighted by molar-refractivity contribution is -0.148. The average Bonchev–Trinajstić information content (AvgIpc) is 2.86. The summed E-state index contributed by atoms with van der Waals surface area (Å²) in [4.78, 5) is 40.8. The van der Waals surface area contributed by atoms with Gasteiger partial charge in [-0.2, -0.15) is 0 Å². The van der Waals surface area contributed by atoms with Gasteiger partial charge in [0.1, 0.15) is 22.8 Å². The topological polar surface area (TPSA) is 161 Å². The Kier molecular flexibility index (Phi) is 5.81. The predicted octanol–water partition coefficient (Wildman–Crippen LogP) is 2.43. The predicted molar refractivity (Wildman–Crippen MR) is 139 cm³/mol. The highest BCUT2D eigenvalue weighted by Crippen LogP contribution is 2.53. The van der Waals surface area contributed by atoms with E-state index >= 15 is 0 Å². The van der Waals surface area contributed by atoms with E-state index in [0.717, 1.165) is 16.7 Å². The van der Waals surface area contributed by atoms with Gasteiger partial charge in [-0.05, 0) is 67.2 Å². The number of Topliss-reactive ketones (excluding diaryl/α,β-unsaturated/α-hetero) is 2. The van der Waals surface area contributed by atoms with E-state index in [1.807, 2.05) is 24.3 Å². The van der Waals surface area contributed by atoms with Gasteiger partial charge in [-0.3, -0.25) is 19.3 Å². The molecule has 3 aliphatic rings. The molecule has 5 rings (SSSR count). The first-order valence-electron chi connectivity index (χ1n) is 12.2. The summed E-state index contributed by atoms with van der Waals surface area (Å²) in [5.41, 5.74) is 4.64. The smallest absolute Gasteiger partial charge is 0.255 e. The van der Waals surface area contributed by atoms with Crippen LogP contribution in [-0.4, -0.2) is 68.5 Å². The van der Waals surface area contributed by atoms with Gasteiger partial charge in [0.25, 0.3) is 5.91 Å². The number of nitrogens with two attached hydrogens (primary N) is 1. The molecule has 0 aliphatic heterocycles. The number of phenolic OH excluding ortho intramolecular Hbond substituents is 1. The monoisotopic (exact) mass is 516 g/mol. The normalized spacial score (nSPS) is 26.7. The number of hydrogen-bond acceptors (Lipinski definition) is 8. The van der Waals surface area contributed by atoms with E-state index in [9.17, 15) is 34.8 Å². The molecule has 0 spiro atoms. The number of amides is 1. The molecule has 0 bridgehead atoms. The summed E-state index contributed by atoms with van der Waals surface area (Å²) in [7, 11) is 3.19. The van der Waals surface area contributed by atoms with E-state index in [0.29, 0.717) is 5.56 Å². The highest BCUT2D eigenvalue weighted by atomic mass is 16.3. The molecule has 0 saturated carbocycles. The van der Waals surface area contributed by atoms with Crippen LogP contribution < -0.4 is 5.73 Å². The van der Waals surface area contributed by atoms with Crippen molar-refractivity contribution in [2.24, 2.45) is 17.6 Å². The Bertz CT molecular complexity index is 1500. The van der Waals surface area contributed by atoms with Crippen LogP contribution in [0.4, 0.5) is 0 Å². The number of carbonyl (C=O) groups excluding carboxylic acids is 3. The van der Waals surface area contributed by atoms with Crippen molar-refractivity contribution in [3.63, 3.8) is 0 Å². The zero-order valence-corrected chi connectivity index (χ0v) is 20.9. The first-order chi connectivity index (χ1) is 17.9. The minimum atomic E-state index is -2.66. The van der Waals surface area contributed by atoms with E-state index in [1.165, 1.54) is 11.0 Å². The standard InChI is InChI=1S/C29H28N2O7/c1-4-13-6-5-7-14(10-13)16-8-9-19(32)21-17(16)11-15-12-18-23(31(2)3)25(34)22(28(30)37)27(36)29(18,38)26(35)20(15)24(21)33/h4-10,15,18,23,32,34-35,38H,1,11-12H2,2-3H3,(H2,30,37)/t15-,18-,23-,29?/m0/s1. The quantitative estimate of drug-likeness (QED) is 0.387. The maximum atomic E-state index is 13.8. The molecule has 4 atom stereocenters. The molecular formula is C29H28N2O7. The molecule has 0 fully saturated rings. The van der Waals surface area contributed by atoms with E-state index in [2.05, 4.69) is 6.58 Å². The first kappa shape index (κ1) is 25.4. The van der Waals surface area contributed by atoms with E-state index < -0.39 is 58.0 Å². The summed E-state index contributed by atoms with van der Waals surface area (Å²) in [5.74, 6) is -6.70. The van der Waals surface area contributed by atoms with Crippen LogP contribution >= 0.6 is 0 Å². The zero-order chi connectivity index (χ0) is 27.7. The summed E-state index contributed by atoms with van der Waals surface area (Å²) in [5, 5.41) is 44.6. The van der Waals surface area contributed by atoms with Crippen molar-refractivity contribution in [1.29, 1.82) is 0 Å². The van der Waals surface area contributed by atoms with Crippen molar-refractivity contribution in [1.82, 2.24) is 4.90 Å². The second-order valence-corrected chi connectivity index (χ2v) is 10.3. The third-order valence-electron chi connectivity index (χ3n) is 8.04. The second-order valence-electron chi connectivity index (χ2n) is 10.3. The Morgan fingerprint density at radius 3 is 2.50 bits per heavy atom. The number of nitrogens with zero attached hydrogens (tertiary/aromatic N) is 1. The molecule has 0 saturated heterocycles. The van der Waals surface area contributed by atoms with Crippen LogP contribution in [0.2, 0.25) is 0 Å². The number of aliphatic hydroxyl groups excluding tert-OH is 2. The van der Waals surface area contributed by atoms with Gasteiger partial charge in [-0.1, -0.05) is 36.9 Å². The van der Waals surface area contributed by atoms with Crippen molar-refractivity contribution in [2.45, 2.75) is 24.5 Å². The van der Waals surface area contributed by atoms with Gasteiger partial charge in [0.05, 0.1) is 11.6 Å². The molecule has 3 aliphatic carbocycles. The van der Waals surface area contributed by atoms with E-state index in [4.69, 9.17) is 5.73 Å². The highest BCUT2D eigenvalue weighted by molar-refractivity contribution is 6.24. The summed E-state index contributed by atoms with van der Waals surface area (Å²) in [6.07, 6.45) is 1.95. The zero-order valence-electron chi connectivity index (χ0n) is 20.9. The molecule has 0 heterocycles. The molecule has 2 aromatic rings. The van der Waals surface area contributed by atoms with Crippen molar-refractivity contribution in [2.75, 3.05) is 14.1 Å². The number of aromatic hydroxyl groups is 1. The number of carbonyl (C=O) groups is 3. The lowest BCUT2D eigenvalue weighted by Gasteiger charge is -2.50. The second kappa shape index (κ2) is 8.68. The summed E-state index contributed by atoms with van der Waals surface area (Å²) < 4.78 is 0. The van der Waals surface area contributed by atoms with Gasteiger partial charge < -0.3 is 26.2 Å². The first-order valence-corrected chi connectivity index (χ1v) is 12.2. The van der Waals surface area contributed by atoms with Crippen molar-refractivity contribution in [3.8, 4) is 16.9 Å². The Morgan fingerprint density at radius 1 is 1.16 bits per heavy atom. The molecular weight excluding hydrogens is 488 g/mol. The maximum Gasteiger partial charge on any atom is 0.255 e. The number of likely N-dealkylation sites (N-methyl/N-ethyl adjacent to an activating group) is 1. The largest absolute Gasteiger partial charge is 0.510 e. The van der Waals surface area contributed by atoms with Gasteiger partial charge in [-0.25, -0.2) is 0 Å². The van der Waals surface area contributed by atoms with Crippen LogP contribution in [0.5, 0.6) is 5.75 Å². The number of benzene rings is 2. The lowest BCUT2D eigenvalue weighted by Crippen LogP contribution is -2.63. The minimum absolute atomic E-state index is 0.0210. The molecule has 196 valence electrons. The minimum Gasteiger partial charge on any atom is -0.510 e. The Balaban J connectivity index is 1.73. The van der Waals surface area contributed by atoms with Crippen LogP contribution in [0.25, 0.3) is 17.2 Å². The number of phenols is 1. The summed E-state index contributed by atoms with van der Waals surface area (Å²) >= 11 is 0. The summed E-state index contributed by atoms with van der Waals surface area (Å²) in [6, 6.07) is 9.60. The number of hydrogen-bond donors (Lipinski definition) is 5.